The number of benzene rings is 1. The number of rotatable bonds is 5. The summed E-state index contributed by atoms with van der Waals surface area (Å²) >= 11 is 0. The molecule has 0 aromatic heterocycles. The van der Waals surface area contributed by atoms with E-state index in [0.29, 0.717) is 0 Å². The van der Waals surface area contributed by atoms with Gasteiger partial charge in [-0.3, -0.25) is 4.79 Å². The van der Waals surface area contributed by atoms with Crippen molar-refractivity contribution in [2.75, 3.05) is 0 Å². The van der Waals surface area contributed by atoms with Crippen LogP contribution in [0, 0.1) is 5.92 Å². The minimum Gasteiger partial charge on any atom is -0.481 e. The number of aliphatic carboxylic acids is 1. The SMILES string of the molecule is CC(CCCc1ccccc1)C(=O)O.P. The topological polar surface area (TPSA) is 37.3 Å². The Morgan fingerprint density at radius 3 is 2.47 bits per heavy atom. The van der Waals surface area contributed by atoms with Gasteiger partial charge in [-0.15, -0.1) is 0 Å². The van der Waals surface area contributed by atoms with Crippen molar-refractivity contribution in [3.05, 3.63) is 35.9 Å². The van der Waals surface area contributed by atoms with Crippen LogP contribution in [0.25, 0.3) is 0 Å². The lowest BCUT2D eigenvalue weighted by molar-refractivity contribution is -0.141. The van der Waals surface area contributed by atoms with Crippen molar-refractivity contribution in [2.45, 2.75) is 26.2 Å². The molecule has 84 valence electrons. The molecule has 0 saturated heterocycles. The van der Waals surface area contributed by atoms with Crippen molar-refractivity contribution < 1.29 is 9.90 Å². The molecule has 0 bridgehead atoms. The minimum absolute atomic E-state index is 0. The Hall–Kier alpha value is -0.880. The Labute approximate surface area is 94.3 Å². The van der Waals surface area contributed by atoms with E-state index in [2.05, 4.69) is 12.1 Å². The van der Waals surface area contributed by atoms with Crippen molar-refractivity contribution in [3.8, 4) is 0 Å². The average molecular weight is 226 g/mol. The maximum Gasteiger partial charge on any atom is 0.306 e. The molecule has 1 N–H and O–H groups in total. The van der Waals surface area contributed by atoms with Gasteiger partial charge in [0.25, 0.3) is 0 Å². The van der Waals surface area contributed by atoms with Crippen molar-refractivity contribution in [3.63, 3.8) is 0 Å². The predicted molar refractivity (Wildman–Crippen MR) is 67.3 cm³/mol. The van der Waals surface area contributed by atoms with Gasteiger partial charge in [0, 0.05) is 0 Å². The Bertz CT molecular complexity index is 285. The summed E-state index contributed by atoms with van der Waals surface area (Å²) in [6.45, 7) is 1.76. The van der Waals surface area contributed by atoms with E-state index in [9.17, 15) is 4.79 Å². The first kappa shape index (κ1) is 14.1. The third-order valence-electron chi connectivity index (χ3n) is 2.37. The second kappa shape index (κ2) is 7.42. The van der Waals surface area contributed by atoms with Gasteiger partial charge in [0.2, 0.25) is 0 Å². The highest BCUT2D eigenvalue weighted by Gasteiger charge is 2.09. The van der Waals surface area contributed by atoms with E-state index >= 15 is 0 Å². The van der Waals surface area contributed by atoms with Crippen LogP contribution in [0.3, 0.4) is 0 Å². The largest absolute Gasteiger partial charge is 0.481 e. The van der Waals surface area contributed by atoms with Gasteiger partial charge < -0.3 is 5.11 Å². The van der Waals surface area contributed by atoms with Gasteiger partial charge in [-0.1, -0.05) is 37.3 Å². The molecule has 0 spiro atoms. The Morgan fingerprint density at radius 2 is 1.93 bits per heavy atom. The smallest absolute Gasteiger partial charge is 0.306 e. The summed E-state index contributed by atoms with van der Waals surface area (Å²) in [7, 11) is 0. The van der Waals surface area contributed by atoms with Crippen LogP contribution >= 0.6 is 9.90 Å². The number of carboxylic acid groups (broad SMARTS) is 1. The number of carbonyl (C=O) groups is 1. The summed E-state index contributed by atoms with van der Waals surface area (Å²) in [6.07, 6.45) is 2.67. The lowest BCUT2D eigenvalue weighted by Crippen LogP contribution is -2.09. The molecule has 0 aliphatic rings. The zero-order valence-electron chi connectivity index (χ0n) is 9.15. The van der Waals surface area contributed by atoms with Gasteiger partial charge in [0.05, 0.1) is 5.92 Å². The molecule has 0 saturated carbocycles. The second-order valence-corrected chi connectivity index (χ2v) is 3.62. The van der Waals surface area contributed by atoms with E-state index in [4.69, 9.17) is 5.11 Å². The second-order valence-electron chi connectivity index (χ2n) is 3.62. The highest BCUT2D eigenvalue weighted by Crippen LogP contribution is 2.10. The van der Waals surface area contributed by atoms with E-state index in [1.165, 1.54) is 5.56 Å². The van der Waals surface area contributed by atoms with Crippen LogP contribution in [0.5, 0.6) is 0 Å². The zero-order chi connectivity index (χ0) is 10.4. The summed E-state index contributed by atoms with van der Waals surface area (Å²) in [5, 5.41) is 8.68. The predicted octanol–water partition coefficient (Wildman–Crippen LogP) is 2.79. The van der Waals surface area contributed by atoms with E-state index < -0.39 is 5.97 Å². The fraction of sp³-hybridized carbons (Fsp3) is 0.417. The molecule has 2 unspecified atom stereocenters. The van der Waals surface area contributed by atoms with Crippen molar-refractivity contribution in [1.82, 2.24) is 0 Å². The average Bonchev–Trinajstić information content (AvgIpc) is 2.19. The number of hydrogen-bond donors (Lipinski definition) is 1. The Morgan fingerprint density at radius 1 is 1.33 bits per heavy atom. The van der Waals surface area contributed by atoms with Crippen LogP contribution in [-0.2, 0) is 11.2 Å². The van der Waals surface area contributed by atoms with Crippen LogP contribution in [0.4, 0.5) is 0 Å². The number of hydrogen-bond acceptors (Lipinski definition) is 1. The van der Waals surface area contributed by atoms with Crippen LogP contribution in [-0.4, -0.2) is 11.1 Å². The molecule has 2 atom stereocenters. The van der Waals surface area contributed by atoms with Gasteiger partial charge in [0.15, 0.2) is 0 Å². The van der Waals surface area contributed by atoms with Gasteiger partial charge in [-0.2, -0.15) is 9.90 Å². The molecule has 1 aromatic rings. The molecule has 0 amide bonds. The molecule has 3 heteroatoms. The first-order valence-electron chi connectivity index (χ1n) is 4.97. The summed E-state index contributed by atoms with van der Waals surface area (Å²) in [4.78, 5) is 10.5. The van der Waals surface area contributed by atoms with Crippen molar-refractivity contribution >= 4 is 15.9 Å². The Kier molecular flexibility index (Phi) is 6.98. The van der Waals surface area contributed by atoms with Crippen molar-refractivity contribution in [2.24, 2.45) is 5.92 Å². The van der Waals surface area contributed by atoms with E-state index in [-0.39, 0.29) is 15.8 Å². The van der Waals surface area contributed by atoms with Crippen LogP contribution < -0.4 is 0 Å². The van der Waals surface area contributed by atoms with E-state index in [1.54, 1.807) is 6.92 Å². The third-order valence-corrected chi connectivity index (χ3v) is 2.37. The maximum absolute atomic E-state index is 10.5. The summed E-state index contributed by atoms with van der Waals surface area (Å²) < 4.78 is 0. The summed E-state index contributed by atoms with van der Waals surface area (Å²) in [6, 6.07) is 10.2. The standard InChI is InChI=1S/C12H16O2.H3P/c1-10(12(13)14)6-5-9-11-7-3-2-4-8-11;/h2-4,7-8,10H,5-6,9H2,1H3,(H,13,14);1H3. The fourth-order valence-electron chi connectivity index (χ4n) is 1.38. The lowest BCUT2D eigenvalue weighted by Gasteiger charge is -2.05. The maximum atomic E-state index is 10.5. The van der Waals surface area contributed by atoms with Crippen LogP contribution in [0.1, 0.15) is 25.3 Å². The zero-order valence-corrected chi connectivity index (χ0v) is 10.6. The monoisotopic (exact) mass is 226 g/mol. The first-order valence-corrected chi connectivity index (χ1v) is 4.97. The van der Waals surface area contributed by atoms with Crippen LogP contribution in [0.15, 0.2) is 30.3 Å². The molecule has 0 aliphatic carbocycles. The highest BCUT2D eigenvalue weighted by atomic mass is 31.0. The molecule has 0 radical (unpaired) electrons. The van der Waals surface area contributed by atoms with E-state index in [1.807, 2.05) is 18.2 Å². The minimum atomic E-state index is -0.696. The summed E-state index contributed by atoms with van der Waals surface area (Å²) in [5.41, 5.74) is 1.28. The molecule has 2 nitrogen and oxygen atoms in total. The molecule has 0 fully saturated rings. The Balaban J connectivity index is 0.00000196. The van der Waals surface area contributed by atoms with E-state index in [0.717, 1.165) is 19.3 Å². The molecule has 0 aliphatic heterocycles. The van der Waals surface area contributed by atoms with Crippen molar-refractivity contribution in [1.29, 1.82) is 0 Å². The molecule has 0 heterocycles. The first-order chi connectivity index (χ1) is 6.70. The molecule has 1 aromatic carbocycles. The van der Waals surface area contributed by atoms with Crippen LogP contribution in [0.2, 0.25) is 0 Å². The molecular formula is C12H19O2P. The number of carboxylic acids is 1. The summed E-state index contributed by atoms with van der Waals surface area (Å²) in [5.74, 6) is -0.920. The molecular weight excluding hydrogens is 207 g/mol. The quantitative estimate of drug-likeness (QED) is 0.784. The number of aryl methyl sites for hydroxylation is 1. The molecule has 1 rings (SSSR count). The fourth-order valence-corrected chi connectivity index (χ4v) is 1.38. The van der Waals surface area contributed by atoms with Gasteiger partial charge in [-0.05, 0) is 24.8 Å². The lowest BCUT2D eigenvalue weighted by atomic mass is 10.0. The van der Waals surface area contributed by atoms with Gasteiger partial charge >= 0.3 is 5.97 Å². The van der Waals surface area contributed by atoms with Gasteiger partial charge in [0.1, 0.15) is 0 Å². The third kappa shape index (κ3) is 5.54. The molecule has 15 heavy (non-hydrogen) atoms. The normalized spacial score (nSPS) is 11.5. The highest BCUT2D eigenvalue weighted by molar-refractivity contribution is 6.92. The van der Waals surface area contributed by atoms with Gasteiger partial charge in [-0.25, -0.2) is 0 Å².